The molecule has 12 heavy (non-hydrogen) atoms. The fraction of sp³-hybridized carbons (Fsp3) is 1.00. The molecule has 0 rings (SSSR count). The van der Waals surface area contributed by atoms with Gasteiger partial charge in [0.05, 0.1) is 12.7 Å². The van der Waals surface area contributed by atoms with Gasteiger partial charge in [-0.25, -0.2) is 0 Å². The van der Waals surface area contributed by atoms with E-state index in [1.165, 1.54) is 0 Å². The lowest BCUT2D eigenvalue weighted by atomic mass is 10.2. The van der Waals surface area contributed by atoms with Crippen molar-refractivity contribution in [1.82, 2.24) is 0 Å². The molecule has 0 aromatic rings. The molecule has 0 saturated carbocycles. The van der Waals surface area contributed by atoms with Crippen molar-refractivity contribution in [3.05, 3.63) is 0 Å². The van der Waals surface area contributed by atoms with Gasteiger partial charge in [-0.3, -0.25) is 0 Å². The maximum absolute atomic E-state index is 8.42. The van der Waals surface area contributed by atoms with Gasteiger partial charge in [-0.1, -0.05) is 13.8 Å². The van der Waals surface area contributed by atoms with Crippen LogP contribution in [-0.4, -0.2) is 46.4 Å². The van der Waals surface area contributed by atoms with E-state index in [-0.39, 0.29) is 25.7 Å². The quantitative estimate of drug-likeness (QED) is 0.464. The van der Waals surface area contributed by atoms with Crippen LogP contribution in [0.5, 0.6) is 0 Å². The van der Waals surface area contributed by atoms with E-state index >= 15 is 0 Å². The minimum absolute atomic E-state index is 0.0463. The topological polar surface area (TPSA) is 80.9 Å². The molecule has 0 aliphatic heterocycles. The largest absolute Gasteiger partial charge is 0.396 e. The lowest BCUT2D eigenvalue weighted by Crippen LogP contribution is -2.08. The fourth-order valence-corrected chi connectivity index (χ4v) is 0.187. The van der Waals surface area contributed by atoms with Crippen LogP contribution < -0.4 is 0 Å². The van der Waals surface area contributed by atoms with Crippen molar-refractivity contribution in [2.45, 2.75) is 26.4 Å². The highest BCUT2D eigenvalue weighted by Gasteiger charge is 1.92. The van der Waals surface area contributed by atoms with E-state index in [9.17, 15) is 0 Å². The summed E-state index contributed by atoms with van der Waals surface area (Å²) in [4.78, 5) is 0. The van der Waals surface area contributed by atoms with E-state index in [4.69, 9.17) is 20.4 Å². The zero-order valence-corrected chi connectivity index (χ0v) is 7.77. The lowest BCUT2D eigenvalue weighted by molar-refractivity contribution is 0.0923. The molecular weight excluding hydrogens is 160 g/mol. The molecule has 0 aliphatic rings. The number of aliphatic hydroxyl groups is 4. The molecule has 0 heterocycles. The molecule has 0 fully saturated rings. The summed E-state index contributed by atoms with van der Waals surface area (Å²) in [6, 6.07) is 0. The van der Waals surface area contributed by atoms with Gasteiger partial charge in [0.15, 0.2) is 0 Å². The summed E-state index contributed by atoms with van der Waals surface area (Å²) in [5.41, 5.74) is 0. The molecule has 0 aromatic heterocycles. The minimum Gasteiger partial charge on any atom is -0.396 e. The van der Waals surface area contributed by atoms with Crippen molar-refractivity contribution in [2.24, 2.45) is 5.92 Å². The molecule has 4 nitrogen and oxygen atoms in total. The first kappa shape index (κ1) is 14.4. The van der Waals surface area contributed by atoms with E-state index in [2.05, 4.69) is 0 Å². The van der Waals surface area contributed by atoms with Crippen molar-refractivity contribution >= 4 is 0 Å². The third-order valence-corrected chi connectivity index (χ3v) is 1.31. The lowest BCUT2D eigenvalue weighted by Gasteiger charge is -1.97. The smallest absolute Gasteiger partial charge is 0.0768 e. The van der Waals surface area contributed by atoms with Crippen LogP contribution in [-0.2, 0) is 0 Å². The van der Waals surface area contributed by atoms with Crippen LogP contribution >= 0.6 is 0 Å². The van der Waals surface area contributed by atoms with Gasteiger partial charge in [-0.05, 0) is 6.42 Å². The van der Waals surface area contributed by atoms with Crippen LogP contribution in [0.1, 0.15) is 20.3 Å². The highest BCUT2D eigenvalue weighted by molar-refractivity contribution is 4.43. The summed E-state index contributed by atoms with van der Waals surface area (Å²) < 4.78 is 0. The number of hydrogen-bond donors (Lipinski definition) is 4. The molecule has 1 atom stereocenters. The third-order valence-electron chi connectivity index (χ3n) is 1.31. The first-order chi connectivity index (χ1) is 5.62. The van der Waals surface area contributed by atoms with Crippen LogP contribution in [0.3, 0.4) is 0 Å². The average molecular weight is 180 g/mol. The Balaban J connectivity index is 0. The van der Waals surface area contributed by atoms with Gasteiger partial charge in [0.25, 0.3) is 0 Å². The summed E-state index contributed by atoms with van der Waals surface area (Å²) in [6.07, 6.45) is 0.126. The maximum Gasteiger partial charge on any atom is 0.0768 e. The first-order valence-electron chi connectivity index (χ1n) is 4.12. The van der Waals surface area contributed by atoms with Crippen LogP contribution in [0.15, 0.2) is 0 Å². The second-order valence-corrected chi connectivity index (χ2v) is 2.71. The van der Waals surface area contributed by atoms with Crippen molar-refractivity contribution in [2.75, 3.05) is 19.8 Å². The molecule has 4 heteroatoms. The summed E-state index contributed by atoms with van der Waals surface area (Å²) in [7, 11) is 0. The van der Waals surface area contributed by atoms with Gasteiger partial charge in [0.2, 0.25) is 0 Å². The average Bonchev–Trinajstić information content (AvgIpc) is 2.16. The van der Waals surface area contributed by atoms with E-state index in [0.717, 1.165) is 0 Å². The van der Waals surface area contributed by atoms with Gasteiger partial charge >= 0.3 is 0 Å². The Labute approximate surface area is 73.5 Å². The summed E-state index contributed by atoms with van der Waals surface area (Å²) in [6.45, 7) is 3.64. The normalized spacial score (nSPS) is 12.2. The third kappa shape index (κ3) is 12.5. The van der Waals surface area contributed by atoms with Crippen molar-refractivity contribution < 1.29 is 20.4 Å². The Morgan fingerprint density at radius 3 is 1.42 bits per heavy atom. The Hall–Kier alpha value is -0.160. The van der Waals surface area contributed by atoms with Gasteiger partial charge < -0.3 is 20.4 Å². The van der Waals surface area contributed by atoms with Gasteiger partial charge in [0, 0.05) is 19.1 Å². The molecule has 0 bridgehead atoms. The highest BCUT2D eigenvalue weighted by atomic mass is 16.3. The minimum atomic E-state index is -0.509. The molecule has 1 unspecified atom stereocenters. The second-order valence-electron chi connectivity index (χ2n) is 2.71. The SMILES string of the molecule is CC(CO)CO.CCC(O)CO. The van der Waals surface area contributed by atoms with Crippen LogP contribution in [0.2, 0.25) is 0 Å². The van der Waals surface area contributed by atoms with Crippen LogP contribution in [0, 0.1) is 5.92 Å². The Morgan fingerprint density at radius 1 is 1.00 bits per heavy atom. The van der Waals surface area contributed by atoms with Gasteiger partial charge in [0.1, 0.15) is 0 Å². The Kier molecular flexibility index (Phi) is 13.0. The van der Waals surface area contributed by atoms with Crippen LogP contribution in [0.4, 0.5) is 0 Å². The van der Waals surface area contributed by atoms with E-state index in [1.54, 1.807) is 6.92 Å². The molecule has 0 aromatic carbocycles. The predicted octanol–water partition coefficient (Wildman–Crippen LogP) is -0.643. The number of hydrogen-bond acceptors (Lipinski definition) is 4. The van der Waals surface area contributed by atoms with Gasteiger partial charge in [-0.2, -0.15) is 0 Å². The zero-order valence-electron chi connectivity index (χ0n) is 7.77. The molecule has 0 aliphatic carbocycles. The zero-order chi connectivity index (χ0) is 9.98. The molecule has 0 radical (unpaired) electrons. The summed E-state index contributed by atoms with van der Waals surface area (Å²) in [5, 5.41) is 32.9. The van der Waals surface area contributed by atoms with E-state index in [1.807, 2.05) is 6.92 Å². The molecular formula is C8H20O4. The molecule has 0 amide bonds. The van der Waals surface area contributed by atoms with Gasteiger partial charge in [-0.15, -0.1) is 0 Å². The molecule has 0 spiro atoms. The van der Waals surface area contributed by atoms with Crippen molar-refractivity contribution in [3.63, 3.8) is 0 Å². The first-order valence-corrected chi connectivity index (χ1v) is 4.12. The number of aliphatic hydroxyl groups excluding tert-OH is 4. The highest BCUT2D eigenvalue weighted by Crippen LogP contribution is 1.85. The van der Waals surface area contributed by atoms with E-state index in [0.29, 0.717) is 6.42 Å². The number of rotatable bonds is 4. The molecule has 0 saturated heterocycles. The monoisotopic (exact) mass is 180 g/mol. The van der Waals surface area contributed by atoms with Crippen LogP contribution in [0.25, 0.3) is 0 Å². The Morgan fingerprint density at radius 2 is 1.42 bits per heavy atom. The summed E-state index contributed by atoms with van der Waals surface area (Å²) >= 11 is 0. The fourth-order valence-electron chi connectivity index (χ4n) is 0.187. The standard InChI is InChI=1S/2C4H10O2/c1-4(2-5)3-6;1-2-4(6)3-5/h2*4-6H,2-3H2,1H3. The second kappa shape index (κ2) is 10.8. The van der Waals surface area contributed by atoms with Crippen molar-refractivity contribution in [3.8, 4) is 0 Å². The molecule has 76 valence electrons. The molecule has 4 N–H and O–H groups in total. The Bertz CT molecular complexity index is 59.5. The summed E-state index contributed by atoms with van der Waals surface area (Å²) in [5.74, 6) is 0.0463. The maximum atomic E-state index is 8.42. The van der Waals surface area contributed by atoms with Crippen molar-refractivity contribution in [1.29, 1.82) is 0 Å². The van der Waals surface area contributed by atoms with E-state index < -0.39 is 6.10 Å². The predicted molar refractivity (Wildman–Crippen MR) is 46.7 cm³/mol.